The Morgan fingerprint density at radius 3 is 2.78 bits per heavy atom. The number of fused-ring (bicyclic) bond motifs is 1. The number of rotatable bonds is 4. The quantitative estimate of drug-likeness (QED) is 0.475. The van der Waals surface area contributed by atoms with Gasteiger partial charge in [-0.15, -0.1) is 11.3 Å². The topological polar surface area (TPSA) is 93.6 Å². The molecule has 0 N–H and O–H groups in total. The number of halogens is 1. The summed E-state index contributed by atoms with van der Waals surface area (Å²) in [4.78, 5) is 34.5. The Kier molecular flexibility index (Phi) is 4.77. The highest BCUT2D eigenvalue weighted by Crippen LogP contribution is 2.34. The van der Waals surface area contributed by atoms with E-state index < -0.39 is 10.8 Å². The van der Waals surface area contributed by atoms with Crippen molar-refractivity contribution in [1.29, 1.82) is 0 Å². The normalized spacial score (nSPS) is 13.8. The van der Waals surface area contributed by atoms with Crippen molar-refractivity contribution in [1.82, 2.24) is 8.94 Å². The third-order valence-electron chi connectivity index (χ3n) is 4.00. The highest BCUT2D eigenvalue weighted by atomic mass is 35.5. The molecule has 0 saturated carbocycles. The Bertz CT molecular complexity index is 1090. The van der Waals surface area contributed by atoms with Crippen LogP contribution in [0.5, 0.6) is 0 Å². The molecule has 0 unspecified atom stereocenters. The lowest BCUT2D eigenvalue weighted by molar-refractivity contribution is -0.385. The average molecular weight is 422 g/mol. The number of hydrogen-bond acceptors (Lipinski definition) is 7. The molecule has 0 atom stereocenters. The fourth-order valence-electron chi connectivity index (χ4n) is 2.85. The number of thiazole rings is 1. The van der Waals surface area contributed by atoms with Crippen molar-refractivity contribution >= 4 is 51.9 Å². The van der Waals surface area contributed by atoms with E-state index in [9.17, 15) is 14.9 Å². The Morgan fingerprint density at radius 1 is 1.33 bits per heavy atom. The third-order valence-corrected chi connectivity index (χ3v) is 6.13. The highest BCUT2D eigenvalue weighted by molar-refractivity contribution is 7.15. The molecule has 138 valence electrons. The molecule has 0 saturated heterocycles. The lowest BCUT2D eigenvalue weighted by atomic mass is 10.2. The second kappa shape index (κ2) is 7.22. The first-order chi connectivity index (χ1) is 13.0. The number of amides is 1. The summed E-state index contributed by atoms with van der Waals surface area (Å²) >= 11 is 8.34. The van der Waals surface area contributed by atoms with Gasteiger partial charge in [-0.25, -0.2) is 4.98 Å². The molecule has 1 aliphatic heterocycles. The van der Waals surface area contributed by atoms with Crippen molar-refractivity contribution in [2.24, 2.45) is 4.99 Å². The SMILES string of the molecule is O=C(N=c1sn2c(c1[N+](=O)[O-])N(Cc1cnc(Cl)s1)CC2)c1ccccc1. The number of anilines is 1. The van der Waals surface area contributed by atoms with E-state index >= 15 is 0 Å². The van der Waals surface area contributed by atoms with E-state index in [0.29, 0.717) is 35.5 Å². The van der Waals surface area contributed by atoms with Crippen LogP contribution < -0.4 is 9.57 Å². The predicted octanol–water partition coefficient (Wildman–Crippen LogP) is 3.33. The van der Waals surface area contributed by atoms with Gasteiger partial charge in [0.1, 0.15) is 0 Å². The van der Waals surface area contributed by atoms with Crippen LogP contribution in [-0.2, 0) is 13.1 Å². The maximum absolute atomic E-state index is 12.4. The molecule has 1 aliphatic rings. The van der Waals surface area contributed by atoms with Crippen LogP contribution >= 0.6 is 34.5 Å². The lowest BCUT2D eigenvalue weighted by Gasteiger charge is -2.14. The Labute approximate surface area is 166 Å². The van der Waals surface area contributed by atoms with Gasteiger partial charge in [-0.1, -0.05) is 29.8 Å². The van der Waals surface area contributed by atoms with Crippen LogP contribution in [0.2, 0.25) is 4.47 Å². The van der Waals surface area contributed by atoms with Gasteiger partial charge in [0.15, 0.2) is 4.47 Å². The number of nitrogens with zero attached hydrogens (tertiary/aromatic N) is 5. The zero-order valence-electron chi connectivity index (χ0n) is 13.7. The maximum Gasteiger partial charge on any atom is 0.347 e. The number of carbonyl (C=O) groups excluding carboxylic acids is 1. The van der Waals surface area contributed by atoms with Gasteiger partial charge in [0.05, 0.1) is 18.0 Å². The van der Waals surface area contributed by atoms with E-state index in [-0.39, 0.29) is 10.4 Å². The number of hydrogen-bond donors (Lipinski definition) is 0. The molecule has 0 radical (unpaired) electrons. The van der Waals surface area contributed by atoms with E-state index in [2.05, 4.69) is 9.98 Å². The summed E-state index contributed by atoms with van der Waals surface area (Å²) in [5.41, 5.74) is 0.249. The van der Waals surface area contributed by atoms with Gasteiger partial charge in [0.25, 0.3) is 5.91 Å². The summed E-state index contributed by atoms with van der Waals surface area (Å²) in [7, 11) is 0. The van der Waals surface area contributed by atoms with Crippen molar-refractivity contribution < 1.29 is 9.72 Å². The fraction of sp³-hybridized carbons (Fsp3) is 0.188. The number of nitro groups is 1. The summed E-state index contributed by atoms with van der Waals surface area (Å²) in [6, 6.07) is 8.50. The van der Waals surface area contributed by atoms with Gasteiger partial charge < -0.3 is 4.90 Å². The summed E-state index contributed by atoms with van der Waals surface area (Å²) in [5, 5.41) is 11.7. The third kappa shape index (κ3) is 3.51. The molecule has 3 heterocycles. The fourth-order valence-corrected chi connectivity index (χ4v) is 4.89. The van der Waals surface area contributed by atoms with Gasteiger partial charge in [0, 0.05) is 23.2 Å². The minimum absolute atomic E-state index is 0.107. The second-order valence-electron chi connectivity index (χ2n) is 5.71. The lowest BCUT2D eigenvalue weighted by Crippen LogP contribution is -2.21. The monoisotopic (exact) mass is 421 g/mol. The largest absolute Gasteiger partial charge is 0.347 e. The Hall–Kier alpha value is -2.56. The van der Waals surface area contributed by atoms with Gasteiger partial charge in [-0.3, -0.25) is 18.9 Å². The first kappa shape index (κ1) is 17.8. The van der Waals surface area contributed by atoms with Gasteiger partial charge in [-0.2, -0.15) is 4.99 Å². The molecule has 0 bridgehead atoms. The van der Waals surface area contributed by atoms with E-state index in [1.54, 1.807) is 40.5 Å². The molecule has 1 amide bonds. The van der Waals surface area contributed by atoms with Gasteiger partial charge in [-0.05, 0) is 23.7 Å². The minimum Gasteiger partial charge on any atom is -0.345 e. The Morgan fingerprint density at radius 2 is 2.11 bits per heavy atom. The van der Waals surface area contributed by atoms with E-state index in [1.165, 1.54) is 11.3 Å². The molecule has 11 heteroatoms. The summed E-state index contributed by atoms with van der Waals surface area (Å²) in [5.74, 6) is -0.0332. The second-order valence-corrected chi connectivity index (χ2v) is 8.42. The van der Waals surface area contributed by atoms with Crippen molar-refractivity contribution in [3.05, 3.63) is 66.2 Å². The molecule has 27 heavy (non-hydrogen) atoms. The van der Waals surface area contributed by atoms with Crippen LogP contribution in [0, 0.1) is 10.1 Å². The van der Waals surface area contributed by atoms with Crippen molar-refractivity contribution in [3.8, 4) is 0 Å². The average Bonchev–Trinajstić information content (AvgIpc) is 3.32. The van der Waals surface area contributed by atoms with Crippen molar-refractivity contribution in [3.63, 3.8) is 0 Å². The smallest absolute Gasteiger partial charge is 0.345 e. The molecule has 3 aromatic rings. The highest BCUT2D eigenvalue weighted by Gasteiger charge is 2.33. The molecule has 2 aromatic heterocycles. The minimum atomic E-state index is -0.500. The molecule has 0 fully saturated rings. The molecular weight excluding hydrogens is 410 g/mol. The van der Waals surface area contributed by atoms with Crippen LogP contribution in [0.1, 0.15) is 15.2 Å². The number of carbonyl (C=O) groups is 1. The number of aromatic nitrogens is 2. The molecule has 8 nitrogen and oxygen atoms in total. The van der Waals surface area contributed by atoms with E-state index in [1.807, 2.05) is 4.90 Å². The van der Waals surface area contributed by atoms with E-state index in [4.69, 9.17) is 11.6 Å². The first-order valence-corrected chi connectivity index (χ1v) is 9.87. The maximum atomic E-state index is 12.4. The first-order valence-electron chi connectivity index (χ1n) is 7.90. The molecule has 0 aliphatic carbocycles. The molecule has 0 spiro atoms. The molecular formula is C16H12ClN5O3S2. The molecule has 4 rings (SSSR count). The Balaban J connectivity index is 1.73. The molecule has 1 aromatic carbocycles. The van der Waals surface area contributed by atoms with E-state index in [0.717, 1.165) is 16.4 Å². The van der Waals surface area contributed by atoms with Crippen LogP contribution in [0.3, 0.4) is 0 Å². The summed E-state index contributed by atoms with van der Waals surface area (Å²) in [6.07, 6.45) is 1.66. The predicted molar refractivity (Wildman–Crippen MR) is 103 cm³/mol. The van der Waals surface area contributed by atoms with Crippen molar-refractivity contribution in [2.45, 2.75) is 13.1 Å². The zero-order valence-corrected chi connectivity index (χ0v) is 16.1. The summed E-state index contributed by atoms with van der Waals surface area (Å²) < 4.78 is 2.34. The van der Waals surface area contributed by atoms with Crippen LogP contribution in [0.25, 0.3) is 0 Å². The van der Waals surface area contributed by atoms with Crippen LogP contribution in [0.4, 0.5) is 11.5 Å². The van der Waals surface area contributed by atoms with Crippen LogP contribution in [0.15, 0.2) is 41.5 Å². The van der Waals surface area contributed by atoms with Gasteiger partial charge in [0.2, 0.25) is 10.5 Å². The van der Waals surface area contributed by atoms with Gasteiger partial charge >= 0.3 is 5.69 Å². The number of benzene rings is 1. The van der Waals surface area contributed by atoms with Crippen LogP contribution in [-0.4, -0.2) is 26.3 Å². The standard InChI is InChI=1S/C16H12ClN5O3S2/c17-16-18-8-11(26-16)9-20-6-7-21-15(20)12(22(24)25)14(27-21)19-13(23)10-4-2-1-3-5-10/h1-5,8H,6-7,9H2. The zero-order chi connectivity index (χ0) is 19.0. The summed E-state index contributed by atoms with van der Waals surface area (Å²) in [6.45, 7) is 1.70. The van der Waals surface area contributed by atoms with Crippen molar-refractivity contribution in [2.75, 3.05) is 11.4 Å².